The molecule has 9 heteroatoms. The van der Waals surface area contributed by atoms with Crippen LogP contribution in [0.25, 0.3) is 0 Å². The quantitative estimate of drug-likeness (QED) is 0.826. The number of likely N-dealkylation sites (tertiary alicyclic amines) is 1. The Balaban J connectivity index is 1.59. The molecule has 0 bridgehead atoms. The molecule has 0 aliphatic carbocycles. The molecule has 1 saturated heterocycles. The Labute approximate surface area is 152 Å². The van der Waals surface area contributed by atoms with Gasteiger partial charge in [0.25, 0.3) is 5.91 Å². The van der Waals surface area contributed by atoms with Gasteiger partial charge in [-0.1, -0.05) is 6.07 Å². The van der Waals surface area contributed by atoms with E-state index in [1.165, 1.54) is 22.7 Å². The van der Waals surface area contributed by atoms with E-state index in [1.54, 1.807) is 16.3 Å². The molecule has 0 saturated carbocycles. The van der Waals surface area contributed by atoms with Crippen molar-refractivity contribution < 1.29 is 14.4 Å². The van der Waals surface area contributed by atoms with Crippen molar-refractivity contribution in [3.8, 4) is 0 Å². The highest BCUT2D eigenvalue weighted by molar-refractivity contribution is 7.14. The Morgan fingerprint density at radius 1 is 1.36 bits per heavy atom. The van der Waals surface area contributed by atoms with Crippen molar-refractivity contribution in [1.82, 2.24) is 9.88 Å². The number of thiazole rings is 1. The van der Waals surface area contributed by atoms with Gasteiger partial charge in [-0.25, -0.2) is 4.98 Å². The third-order valence-electron chi connectivity index (χ3n) is 3.95. The minimum Gasteiger partial charge on any atom is -0.369 e. The maximum Gasteiger partial charge on any atom is 0.263 e. The first-order chi connectivity index (χ1) is 12.0. The fourth-order valence-electron chi connectivity index (χ4n) is 2.76. The maximum absolute atomic E-state index is 12.5. The zero-order chi connectivity index (χ0) is 17.8. The molecule has 1 atom stereocenters. The lowest BCUT2D eigenvalue weighted by Gasteiger charge is -2.31. The van der Waals surface area contributed by atoms with Gasteiger partial charge >= 0.3 is 0 Å². The number of primary amides is 1. The summed E-state index contributed by atoms with van der Waals surface area (Å²) in [6, 6.07) is 3.64. The highest BCUT2D eigenvalue weighted by atomic mass is 32.1. The monoisotopic (exact) mass is 378 g/mol. The summed E-state index contributed by atoms with van der Waals surface area (Å²) >= 11 is 2.67. The minimum absolute atomic E-state index is 0.0227. The Kier molecular flexibility index (Phi) is 5.44. The smallest absolute Gasteiger partial charge is 0.263 e. The van der Waals surface area contributed by atoms with Gasteiger partial charge in [-0.3, -0.25) is 14.4 Å². The van der Waals surface area contributed by atoms with Gasteiger partial charge in [0.2, 0.25) is 11.8 Å². The summed E-state index contributed by atoms with van der Waals surface area (Å²) in [5, 5.41) is 6.80. The van der Waals surface area contributed by atoms with Gasteiger partial charge < -0.3 is 16.0 Å². The van der Waals surface area contributed by atoms with Crippen molar-refractivity contribution in [2.45, 2.75) is 19.3 Å². The molecule has 0 aromatic carbocycles. The molecule has 25 heavy (non-hydrogen) atoms. The van der Waals surface area contributed by atoms with Crippen LogP contribution in [-0.4, -0.2) is 40.7 Å². The van der Waals surface area contributed by atoms with Gasteiger partial charge in [0, 0.05) is 18.5 Å². The van der Waals surface area contributed by atoms with E-state index >= 15 is 0 Å². The zero-order valence-corrected chi connectivity index (χ0v) is 15.1. The van der Waals surface area contributed by atoms with E-state index < -0.39 is 5.91 Å². The minimum atomic E-state index is -0.460. The van der Waals surface area contributed by atoms with E-state index in [1.807, 2.05) is 11.4 Å². The number of carbonyl (C=O) groups is 3. The average molecular weight is 378 g/mol. The van der Waals surface area contributed by atoms with Crippen LogP contribution in [0.2, 0.25) is 0 Å². The van der Waals surface area contributed by atoms with E-state index in [0.717, 1.165) is 12.8 Å². The summed E-state index contributed by atoms with van der Waals surface area (Å²) in [5.41, 5.74) is 5.68. The Morgan fingerprint density at radius 2 is 2.20 bits per heavy atom. The highest BCUT2D eigenvalue weighted by Crippen LogP contribution is 2.23. The molecular weight excluding hydrogens is 360 g/mol. The largest absolute Gasteiger partial charge is 0.369 e. The van der Waals surface area contributed by atoms with E-state index in [4.69, 9.17) is 5.73 Å². The number of nitrogens with one attached hydrogen (secondary N) is 1. The molecule has 0 spiro atoms. The van der Waals surface area contributed by atoms with Crippen molar-refractivity contribution in [2.24, 2.45) is 11.7 Å². The van der Waals surface area contributed by atoms with Crippen molar-refractivity contribution in [3.63, 3.8) is 0 Å². The molecule has 1 aliphatic heterocycles. The van der Waals surface area contributed by atoms with E-state index in [2.05, 4.69) is 10.3 Å². The molecule has 0 radical (unpaired) electrons. The summed E-state index contributed by atoms with van der Waals surface area (Å²) in [6.45, 7) is 1.07. The lowest BCUT2D eigenvalue weighted by molar-refractivity contribution is -0.121. The number of hydrogen-bond acceptors (Lipinski definition) is 6. The predicted octanol–water partition coefficient (Wildman–Crippen LogP) is 1.72. The highest BCUT2D eigenvalue weighted by Gasteiger charge is 2.29. The van der Waals surface area contributed by atoms with Gasteiger partial charge in [0.1, 0.15) is 0 Å². The van der Waals surface area contributed by atoms with Gasteiger partial charge in [0.05, 0.1) is 22.9 Å². The van der Waals surface area contributed by atoms with Crippen molar-refractivity contribution in [2.75, 3.05) is 18.4 Å². The van der Waals surface area contributed by atoms with Crippen molar-refractivity contribution in [3.05, 3.63) is 33.5 Å². The molecule has 7 nitrogen and oxygen atoms in total. The molecule has 1 fully saturated rings. The summed E-state index contributed by atoms with van der Waals surface area (Å²) in [4.78, 5) is 42.4. The molecule has 1 unspecified atom stereocenters. The zero-order valence-electron chi connectivity index (χ0n) is 13.4. The van der Waals surface area contributed by atoms with Gasteiger partial charge in [0.15, 0.2) is 5.13 Å². The van der Waals surface area contributed by atoms with Crippen LogP contribution in [0, 0.1) is 5.92 Å². The number of nitrogens with two attached hydrogens (primary N) is 1. The number of thiophene rings is 1. The molecule has 2 aromatic heterocycles. The molecule has 3 N–H and O–H groups in total. The number of rotatable bonds is 5. The van der Waals surface area contributed by atoms with Crippen molar-refractivity contribution in [1.29, 1.82) is 0 Å². The number of piperidine rings is 1. The summed E-state index contributed by atoms with van der Waals surface area (Å²) < 4.78 is 0. The van der Waals surface area contributed by atoms with Crippen LogP contribution in [0.3, 0.4) is 0 Å². The predicted molar refractivity (Wildman–Crippen MR) is 96.6 cm³/mol. The first-order valence-corrected chi connectivity index (χ1v) is 9.65. The summed E-state index contributed by atoms with van der Waals surface area (Å²) in [5.74, 6) is -0.895. The van der Waals surface area contributed by atoms with E-state index in [9.17, 15) is 14.4 Å². The Morgan fingerprint density at radius 3 is 2.92 bits per heavy atom. The van der Waals surface area contributed by atoms with Crippen LogP contribution in [0.15, 0.2) is 22.9 Å². The van der Waals surface area contributed by atoms with Crippen LogP contribution in [0.1, 0.15) is 28.2 Å². The number of hydrogen-bond donors (Lipinski definition) is 2. The number of aromatic nitrogens is 1. The third-order valence-corrected chi connectivity index (χ3v) is 5.61. The van der Waals surface area contributed by atoms with Crippen LogP contribution in [0.5, 0.6) is 0 Å². The number of carbonyl (C=O) groups excluding carboxylic acids is 3. The summed E-state index contributed by atoms with van der Waals surface area (Å²) in [7, 11) is 0. The second kappa shape index (κ2) is 7.75. The number of amides is 3. The topological polar surface area (TPSA) is 105 Å². The van der Waals surface area contributed by atoms with Gasteiger partial charge in [-0.05, 0) is 24.3 Å². The Hall–Kier alpha value is -2.26. The second-order valence-electron chi connectivity index (χ2n) is 5.84. The standard InChI is InChI=1S/C16H18N4O3S2/c17-13(21)7-11-9-25-16(18-11)19-14(22)10-3-1-5-20(8-10)15(23)12-4-2-6-24-12/h2,4,6,9-10H,1,3,5,7-8H2,(H2,17,21)(H,18,19,22). The average Bonchev–Trinajstić information content (AvgIpc) is 3.26. The molecular formula is C16H18N4O3S2. The van der Waals surface area contributed by atoms with Crippen molar-refractivity contribution >= 4 is 45.5 Å². The summed E-state index contributed by atoms with van der Waals surface area (Å²) in [6.07, 6.45) is 1.58. The fourth-order valence-corrected chi connectivity index (χ4v) is 4.17. The Bertz CT molecular complexity index is 772. The fraction of sp³-hybridized carbons (Fsp3) is 0.375. The molecule has 3 rings (SSSR count). The first kappa shape index (κ1) is 17.6. The molecule has 3 amide bonds. The van der Waals surface area contributed by atoms with Crippen LogP contribution >= 0.6 is 22.7 Å². The maximum atomic E-state index is 12.5. The SMILES string of the molecule is NC(=O)Cc1csc(NC(=O)C2CCCN(C(=O)c3cccs3)C2)n1. The first-order valence-electron chi connectivity index (χ1n) is 7.89. The lowest BCUT2D eigenvalue weighted by atomic mass is 9.97. The van der Waals surface area contributed by atoms with Gasteiger partial charge in [-0.15, -0.1) is 22.7 Å². The normalized spacial score (nSPS) is 17.3. The van der Waals surface area contributed by atoms with E-state index in [0.29, 0.717) is 28.8 Å². The second-order valence-corrected chi connectivity index (χ2v) is 7.65. The number of nitrogens with zero attached hydrogens (tertiary/aromatic N) is 2. The number of anilines is 1. The third kappa shape index (κ3) is 4.43. The van der Waals surface area contributed by atoms with Gasteiger partial charge in [-0.2, -0.15) is 0 Å². The molecule has 1 aliphatic rings. The lowest BCUT2D eigenvalue weighted by Crippen LogP contribution is -2.43. The molecule has 3 heterocycles. The van der Waals surface area contributed by atoms with E-state index in [-0.39, 0.29) is 24.2 Å². The molecule has 132 valence electrons. The molecule has 2 aromatic rings. The van der Waals surface area contributed by atoms with Crippen LogP contribution < -0.4 is 11.1 Å². The van der Waals surface area contributed by atoms with Crippen LogP contribution in [0.4, 0.5) is 5.13 Å². The van der Waals surface area contributed by atoms with Crippen LogP contribution in [-0.2, 0) is 16.0 Å².